The number of benzene rings is 2. The van der Waals surface area contributed by atoms with Gasteiger partial charge in [0, 0.05) is 18.2 Å². The largest absolute Gasteiger partial charge is 0.573 e. The Morgan fingerprint density at radius 3 is 2.65 bits per heavy atom. The second-order valence-electron chi connectivity index (χ2n) is 7.38. The lowest BCUT2D eigenvalue weighted by atomic mass is 10.0. The normalized spacial score (nSPS) is 15.8. The molecule has 2 N–H and O–H groups in total. The molecule has 0 spiro atoms. The molecule has 15 heteroatoms. The van der Waals surface area contributed by atoms with E-state index in [1.165, 1.54) is 22.0 Å². The molecular weight excluding hydrogens is 543 g/mol. The van der Waals surface area contributed by atoms with Gasteiger partial charge >= 0.3 is 6.36 Å². The number of ether oxygens (including phenoxy) is 1. The standard InChI is InChI=1S/C22H18Cl2F4N6O3/c1-2-33(19(36)10-35)17-9-34(32-20(17)12-3-5-14(23)15(24)7-12)21(30-11-29)31-13-4-6-16(25)18(8-13)37-22(26,27)28/h3-8,17,35H,2,9-10H2,1H3,(H,30,31). The predicted octanol–water partition coefficient (Wildman–Crippen LogP) is 4.02. The summed E-state index contributed by atoms with van der Waals surface area (Å²) in [6.45, 7) is 1.04. The van der Waals surface area contributed by atoms with Crippen LogP contribution in [0.2, 0.25) is 10.0 Å². The van der Waals surface area contributed by atoms with Gasteiger partial charge in [-0.3, -0.25) is 10.1 Å². The molecule has 0 fully saturated rings. The first-order valence-electron chi connectivity index (χ1n) is 10.5. The van der Waals surface area contributed by atoms with E-state index in [1.807, 2.05) is 0 Å². The maximum atomic E-state index is 13.8. The number of aliphatic hydroxyl groups is 1. The van der Waals surface area contributed by atoms with Gasteiger partial charge in [-0.1, -0.05) is 29.3 Å². The number of nitriles is 1. The summed E-state index contributed by atoms with van der Waals surface area (Å²) in [7, 11) is 0. The van der Waals surface area contributed by atoms with Crippen molar-refractivity contribution in [3.05, 3.63) is 57.8 Å². The van der Waals surface area contributed by atoms with Crippen molar-refractivity contribution < 1.29 is 32.2 Å². The van der Waals surface area contributed by atoms with Gasteiger partial charge in [-0.05, 0) is 31.2 Å². The SMILES string of the molecule is CCN(C(=O)CO)C1CN(C(=Nc2ccc(F)c(OC(F)(F)F)c2)NC#N)N=C1c1ccc(Cl)c(Cl)c1. The second-order valence-corrected chi connectivity index (χ2v) is 8.20. The molecule has 3 rings (SSSR count). The lowest BCUT2D eigenvalue weighted by Crippen LogP contribution is -2.49. The number of alkyl halides is 3. The Morgan fingerprint density at radius 1 is 1.32 bits per heavy atom. The topological polar surface area (TPSA) is 114 Å². The number of likely N-dealkylation sites (N-methyl/N-ethyl adjacent to an activating group) is 1. The number of carbonyl (C=O) groups is 1. The van der Waals surface area contributed by atoms with Gasteiger partial charge in [0.2, 0.25) is 11.9 Å². The molecule has 9 nitrogen and oxygen atoms in total. The average Bonchev–Trinajstić information content (AvgIpc) is 3.27. The lowest BCUT2D eigenvalue weighted by Gasteiger charge is -2.28. The van der Waals surface area contributed by atoms with E-state index >= 15 is 0 Å². The van der Waals surface area contributed by atoms with Gasteiger partial charge < -0.3 is 14.7 Å². The van der Waals surface area contributed by atoms with Crippen molar-refractivity contribution in [2.24, 2.45) is 10.1 Å². The van der Waals surface area contributed by atoms with Crippen LogP contribution in [0, 0.1) is 17.3 Å². The zero-order valence-corrected chi connectivity index (χ0v) is 20.4. The van der Waals surface area contributed by atoms with E-state index in [0.717, 1.165) is 12.1 Å². The Labute approximate surface area is 218 Å². The van der Waals surface area contributed by atoms with Crippen LogP contribution in [0.5, 0.6) is 5.75 Å². The van der Waals surface area contributed by atoms with E-state index in [0.29, 0.717) is 17.3 Å². The predicted molar refractivity (Wildman–Crippen MR) is 127 cm³/mol. The van der Waals surface area contributed by atoms with Crippen LogP contribution in [-0.2, 0) is 4.79 Å². The average molecular weight is 561 g/mol. The number of rotatable bonds is 6. The number of amides is 1. The van der Waals surface area contributed by atoms with Crippen LogP contribution in [0.4, 0.5) is 23.2 Å². The summed E-state index contributed by atoms with van der Waals surface area (Å²) in [6.07, 6.45) is -3.48. The highest BCUT2D eigenvalue weighted by Gasteiger charge is 2.36. The van der Waals surface area contributed by atoms with Gasteiger partial charge in [-0.25, -0.2) is 14.4 Å². The lowest BCUT2D eigenvalue weighted by molar-refractivity contribution is -0.275. The molecule has 0 aliphatic carbocycles. The molecular formula is C22H18Cl2F4N6O3. The first kappa shape index (κ1) is 28.0. The van der Waals surface area contributed by atoms with E-state index in [2.05, 4.69) is 20.1 Å². The third-order valence-corrected chi connectivity index (χ3v) is 5.80. The van der Waals surface area contributed by atoms with Crippen LogP contribution < -0.4 is 10.1 Å². The molecule has 1 atom stereocenters. The smallest absolute Gasteiger partial charge is 0.403 e. The summed E-state index contributed by atoms with van der Waals surface area (Å²) in [6, 6.07) is 6.40. The third-order valence-electron chi connectivity index (χ3n) is 5.07. The summed E-state index contributed by atoms with van der Waals surface area (Å²) < 4.78 is 55.3. The minimum atomic E-state index is -5.14. The highest BCUT2D eigenvalue weighted by atomic mass is 35.5. The highest BCUT2D eigenvalue weighted by molar-refractivity contribution is 6.42. The van der Waals surface area contributed by atoms with Crippen molar-refractivity contribution in [2.75, 3.05) is 19.7 Å². The first-order chi connectivity index (χ1) is 17.5. The van der Waals surface area contributed by atoms with Crippen LogP contribution in [0.25, 0.3) is 0 Å². The van der Waals surface area contributed by atoms with Crippen molar-refractivity contribution in [3.8, 4) is 11.9 Å². The quantitative estimate of drug-likeness (QED) is 0.181. The fraction of sp³-hybridized carbons (Fsp3) is 0.273. The Bertz CT molecular complexity index is 1280. The van der Waals surface area contributed by atoms with Crippen LogP contribution in [0.3, 0.4) is 0 Å². The summed E-state index contributed by atoms with van der Waals surface area (Å²) in [5.41, 5.74) is 0.604. The zero-order valence-electron chi connectivity index (χ0n) is 18.9. The maximum Gasteiger partial charge on any atom is 0.573 e. The molecule has 2 aromatic carbocycles. The molecule has 0 saturated heterocycles. The monoisotopic (exact) mass is 560 g/mol. The molecule has 0 saturated carbocycles. The van der Waals surface area contributed by atoms with Gasteiger partial charge in [0.15, 0.2) is 17.8 Å². The van der Waals surface area contributed by atoms with Gasteiger partial charge in [0.05, 0.1) is 34.0 Å². The molecule has 37 heavy (non-hydrogen) atoms. The van der Waals surface area contributed by atoms with E-state index < -0.39 is 36.5 Å². The third kappa shape index (κ3) is 6.79. The minimum Gasteiger partial charge on any atom is -0.403 e. The number of carbonyl (C=O) groups excluding carboxylic acids is 1. The Balaban J connectivity index is 2.07. The molecule has 1 heterocycles. The molecule has 1 amide bonds. The number of aliphatic imine (C=N–C) groups is 1. The molecule has 1 aliphatic rings. The summed E-state index contributed by atoms with van der Waals surface area (Å²) >= 11 is 12.2. The number of aliphatic hydroxyl groups excluding tert-OH is 1. The summed E-state index contributed by atoms with van der Waals surface area (Å²) in [5, 5.41) is 27.1. The minimum absolute atomic E-state index is 0.0597. The van der Waals surface area contributed by atoms with Crippen LogP contribution in [0.1, 0.15) is 12.5 Å². The summed E-state index contributed by atoms with van der Waals surface area (Å²) in [5.74, 6) is -3.22. The molecule has 196 valence electrons. The maximum absolute atomic E-state index is 13.8. The number of nitrogens with zero attached hydrogens (tertiary/aromatic N) is 5. The van der Waals surface area contributed by atoms with Crippen LogP contribution in [-0.4, -0.2) is 64.7 Å². The number of halogens is 6. The molecule has 0 aromatic heterocycles. The molecule has 2 aromatic rings. The fourth-order valence-corrected chi connectivity index (χ4v) is 3.82. The van der Waals surface area contributed by atoms with Crippen molar-refractivity contribution in [1.82, 2.24) is 15.2 Å². The van der Waals surface area contributed by atoms with Crippen molar-refractivity contribution in [3.63, 3.8) is 0 Å². The van der Waals surface area contributed by atoms with E-state index in [9.17, 15) is 32.7 Å². The number of hydrogen-bond donors (Lipinski definition) is 2. The van der Waals surface area contributed by atoms with E-state index in [1.54, 1.807) is 19.2 Å². The van der Waals surface area contributed by atoms with E-state index in [4.69, 9.17) is 23.2 Å². The molecule has 0 bridgehead atoms. The van der Waals surface area contributed by atoms with Gasteiger partial charge in [-0.2, -0.15) is 10.4 Å². The number of hydrogen-bond acceptors (Lipinski definition) is 6. The van der Waals surface area contributed by atoms with Gasteiger partial charge in [-0.15, -0.1) is 13.2 Å². The number of guanidine groups is 1. The Morgan fingerprint density at radius 2 is 2.05 bits per heavy atom. The van der Waals surface area contributed by atoms with Crippen molar-refractivity contribution in [1.29, 1.82) is 5.26 Å². The van der Waals surface area contributed by atoms with Gasteiger partial charge in [0.1, 0.15) is 6.61 Å². The number of nitrogens with one attached hydrogen (secondary N) is 1. The summed E-state index contributed by atoms with van der Waals surface area (Å²) in [4.78, 5) is 17.9. The second kappa shape index (κ2) is 11.6. The van der Waals surface area contributed by atoms with Gasteiger partial charge in [0.25, 0.3) is 0 Å². The Hall–Kier alpha value is -3.60. The van der Waals surface area contributed by atoms with Crippen molar-refractivity contribution >= 4 is 46.5 Å². The Kier molecular flexibility index (Phi) is 8.80. The fourth-order valence-electron chi connectivity index (χ4n) is 3.52. The number of hydrazone groups is 1. The molecule has 0 radical (unpaired) electrons. The van der Waals surface area contributed by atoms with Crippen molar-refractivity contribution in [2.45, 2.75) is 19.3 Å². The highest BCUT2D eigenvalue weighted by Crippen LogP contribution is 2.30. The van der Waals surface area contributed by atoms with E-state index in [-0.39, 0.29) is 34.8 Å². The molecule has 1 unspecified atom stereocenters. The van der Waals surface area contributed by atoms with Crippen LogP contribution in [0.15, 0.2) is 46.5 Å². The first-order valence-corrected chi connectivity index (χ1v) is 11.2. The van der Waals surface area contributed by atoms with Crippen LogP contribution >= 0.6 is 23.2 Å². The molecule has 1 aliphatic heterocycles. The zero-order chi connectivity index (χ0) is 27.3.